The first kappa shape index (κ1) is 8.48. The summed E-state index contributed by atoms with van der Waals surface area (Å²) < 4.78 is 4.46. The van der Waals surface area contributed by atoms with Crippen molar-refractivity contribution in [1.82, 2.24) is 0 Å². The molecule has 0 spiro atoms. The summed E-state index contributed by atoms with van der Waals surface area (Å²) in [6.07, 6.45) is 6.96. The van der Waals surface area contributed by atoms with E-state index < -0.39 is 11.9 Å². The van der Waals surface area contributed by atoms with Gasteiger partial charge in [-0.25, -0.2) is 9.59 Å². The fourth-order valence-corrected chi connectivity index (χ4v) is 2.06. The Hall–Kier alpha value is -1.12. The Kier molecular flexibility index (Phi) is 2.17. The second kappa shape index (κ2) is 3.32. The monoisotopic (exact) mass is 180 g/mol. The molecule has 3 heteroatoms. The highest BCUT2D eigenvalue weighted by Crippen LogP contribution is 2.31. The van der Waals surface area contributed by atoms with Crippen LogP contribution in [0.2, 0.25) is 0 Å². The molecule has 70 valence electrons. The number of hydrogen-bond acceptors (Lipinski definition) is 3. The van der Waals surface area contributed by atoms with E-state index in [-0.39, 0.29) is 5.92 Å². The summed E-state index contributed by atoms with van der Waals surface area (Å²) in [5.74, 6) is -0.643. The first-order chi connectivity index (χ1) is 6.27. The molecule has 2 aliphatic rings. The van der Waals surface area contributed by atoms with Gasteiger partial charge in [0.15, 0.2) is 0 Å². The van der Waals surface area contributed by atoms with Gasteiger partial charge in [-0.3, -0.25) is 0 Å². The molecule has 0 radical (unpaired) electrons. The molecule has 0 saturated heterocycles. The molecular formula is C10H12O3. The van der Waals surface area contributed by atoms with Gasteiger partial charge in [0.05, 0.1) is 0 Å². The molecule has 2 rings (SSSR count). The van der Waals surface area contributed by atoms with Crippen LogP contribution in [0, 0.1) is 5.92 Å². The van der Waals surface area contributed by atoms with Crippen molar-refractivity contribution >= 4 is 11.9 Å². The molecule has 1 saturated carbocycles. The number of cyclic esters (lactones) is 2. The van der Waals surface area contributed by atoms with Gasteiger partial charge in [0.1, 0.15) is 0 Å². The normalized spacial score (nSPS) is 24.5. The molecule has 1 heterocycles. The van der Waals surface area contributed by atoms with Crippen LogP contribution in [0.25, 0.3) is 0 Å². The van der Waals surface area contributed by atoms with Crippen molar-refractivity contribution in [3.8, 4) is 0 Å². The van der Waals surface area contributed by atoms with E-state index in [1.54, 1.807) is 0 Å². The lowest BCUT2D eigenvalue weighted by atomic mass is 9.84. The highest BCUT2D eigenvalue weighted by molar-refractivity contribution is 6.09. The van der Waals surface area contributed by atoms with E-state index >= 15 is 0 Å². The van der Waals surface area contributed by atoms with Crippen LogP contribution in [-0.2, 0) is 14.3 Å². The molecule has 1 fully saturated rings. The average molecular weight is 180 g/mol. The van der Waals surface area contributed by atoms with Gasteiger partial charge in [-0.15, -0.1) is 0 Å². The third-order valence-electron chi connectivity index (χ3n) is 2.75. The number of ether oxygens (including phenoxy) is 1. The Morgan fingerprint density at radius 3 is 2.38 bits per heavy atom. The molecule has 3 nitrogen and oxygen atoms in total. The molecule has 13 heavy (non-hydrogen) atoms. The predicted octanol–water partition coefficient (Wildman–Crippen LogP) is 1.58. The fourth-order valence-electron chi connectivity index (χ4n) is 2.06. The van der Waals surface area contributed by atoms with Crippen LogP contribution < -0.4 is 0 Å². The Labute approximate surface area is 76.8 Å². The zero-order valence-electron chi connectivity index (χ0n) is 7.41. The lowest BCUT2D eigenvalue weighted by Crippen LogP contribution is -2.14. The second-order valence-electron chi connectivity index (χ2n) is 3.64. The van der Waals surface area contributed by atoms with E-state index in [9.17, 15) is 9.59 Å². The van der Waals surface area contributed by atoms with Crippen molar-refractivity contribution in [3.05, 3.63) is 11.6 Å². The van der Waals surface area contributed by atoms with Crippen molar-refractivity contribution in [2.45, 2.75) is 32.1 Å². The van der Waals surface area contributed by atoms with Crippen LogP contribution in [0.4, 0.5) is 0 Å². The summed E-state index contributed by atoms with van der Waals surface area (Å²) in [5.41, 5.74) is 0.602. The lowest BCUT2D eigenvalue weighted by Gasteiger charge is -2.20. The third kappa shape index (κ3) is 1.64. The van der Waals surface area contributed by atoms with Gasteiger partial charge in [-0.1, -0.05) is 19.3 Å². The maximum Gasteiger partial charge on any atom is 0.342 e. The van der Waals surface area contributed by atoms with E-state index in [1.165, 1.54) is 12.5 Å². The summed E-state index contributed by atoms with van der Waals surface area (Å²) in [5, 5.41) is 0. The third-order valence-corrected chi connectivity index (χ3v) is 2.75. The number of hydrogen-bond donors (Lipinski definition) is 0. The van der Waals surface area contributed by atoms with Crippen molar-refractivity contribution < 1.29 is 14.3 Å². The second-order valence-corrected chi connectivity index (χ2v) is 3.64. The molecule has 0 bridgehead atoms. The molecule has 0 aromatic heterocycles. The van der Waals surface area contributed by atoms with Crippen LogP contribution in [0.1, 0.15) is 32.1 Å². The zero-order valence-corrected chi connectivity index (χ0v) is 7.41. The topological polar surface area (TPSA) is 43.4 Å². The minimum atomic E-state index is -0.495. The van der Waals surface area contributed by atoms with Crippen molar-refractivity contribution in [2.24, 2.45) is 5.92 Å². The molecular weight excluding hydrogens is 168 g/mol. The van der Waals surface area contributed by atoms with Crippen LogP contribution >= 0.6 is 0 Å². The summed E-state index contributed by atoms with van der Waals surface area (Å²) in [4.78, 5) is 22.0. The molecule has 0 atom stereocenters. The van der Waals surface area contributed by atoms with Crippen molar-refractivity contribution in [3.63, 3.8) is 0 Å². The Bertz CT molecular complexity index is 272. The summed E-state index contributed by atoms with van der Waals surface area (Å²) in [7, 11) is 0. The first-order valence-electron chi connectivity index (χ1n) is 4.75. The van der Waals surface area contributed by atoms with E-state index in [2.05, 4.69) is 4.74 Å². The molecule has 0 aromatic carbocycles. The van der Waals surface area contributed by atoms with E-state index in [0.29, 0.717) is 5.57 Å². The Morgan fingerprint density at radius 2 is 1.85 bits per heavy atom. The summed E-state index contributed by atoms with van der Waals surface area (Å²) >= 11 is 0. The Morgan fingerprint density at radius 1 is 1.15 bits per heavy atom. The number of carbonyl (C=O) groups is 2. The van der Waals surface area contributed by atoms with Gasteiger partial charge in [0, 0.05) is 11.6 Å². The smallest absolute Gasteiger partial charge is 0.342 e. The van der Waals surface area contributed by atoms with Crippen molar-refractivity contribution in [1.29, 1.82) is 0 Å². The van der Waals surface area contributed by atoms with Gasteiger partial charge >= 0.3 is 11.9 Å². The van der Waals surface area contributed by atoms with Gasteiger partial charge in [-0.2, -0.15) is 0 Å². The van der Waals surface area contributed by atoms with Crippen LogP contribution in [0.5, 0.6) is 0 Å². The molecule has 1 aliphatic heterocycles. The molecule has 0 aromatic rings. The Balaban J connectivity index is 2.10. The van der Waals surface area contributed by atoms with Gasteiger partial charge < -0.3 is 4.74 Å². The van der Waals surface area contributed by atoms with E-state index in [4.69, 9.17) is 0 Å². The first-order valence-corrected chi connectivity index (χ1v) is 4.75. The molecule has 0 amide bonds. The predicted molar refractivity (Wildman–Crippen MR) is 45.8 cm³/mol. The van der Waals surface area contributed by atoms with E-state index in [1.807, 2.05) is 0 Å². The molecule has 0 unspecified atom stereocenters. The van der Waals surface area contributed by atoms with Gasteiger partial charge in [0.2, 0.25) is 0 Å². The van der Waals surface area contributed by atoms with E-state index in [0.717, 1.165) is 25.7 Å². The average Bonchev–Trinajstić information content (AvgIpc) is 2.47. The maximum atomic E-state index is 11.2. The fraction of sp³-hybridized carbons (Fsp3) is 0.600. The van der Waals surface area contributed by atoms with Crippen molar-refractivity contribution in [2.75, 3.05) is 0 Å². The summed E-state index contributed by atoms with van der Waals surface area (Å²) in [6, 6.07) is 0. The maximum absolute atomic E-state index is 11.2. The minimum Gasteiger partial charge on any atom is -0.386 e. The highest BCUT2D eigenvalue weighted by atomic mass is 16.6. The largest absolute Gasteiger partial charge is 0.386 e. The summed E-state index contributed by atoms with van der Waals surface area (Å²) in [6.45, 7) is 0. The van der Waals surface area contributed by atoms with Crippen LogP contribution in [0.15, 0.2) is 11.6 Å². The lowest BCUT2D eigenvalue weighted by molar-refractivity contribution is -0.150. The minimum absolute atomic E-state index is 0.271. The van der Waals surface area contributed by atoms with Gasteiger partial charge in [0.25, 0.3) is 0 Å². The molecule has 0 N–H and O–H groups in total. The zero-order chi connectivity index (χ0) is 9.26. The SMILES string of the molecule is O=C1C=C(C2CCCCC2)C(=O)O1. The number of carbonyl (C=O) groups excluding carboxylic acids is 2. The number of esters is 2. The highest BCUT2D eigenvalue weighted by Gasteiger charge is 2.30. The molecule has 1 aliphatic carbocycles. The van der Waals surface area contributed by atoms with Gasteiger partial charge in [-0.05, 0) is 18.8 Å². The van der Waals surface area contributed by atoms with Crippen LogP contribution in [-0.4, -0.2) is 11.9 Å². The quantitative estimate of drug-likeness (QED) is 0.454. The standard InChI is InChI=1S/C10H12O3/c11-9-6-8(10(12)13-9)7-4-2-1-3-5-7/h6-7H,1-5H2. The van der Waals surface area contributed by atoms with Crippen LogP contribution in [0.3, 0.4) is 0 Å². The number of rotatable bonds is 1.